The number of amides is 1. The number of rotatable bonds is 5. The normalized spacial score (nSPS) is 22.7. The number of aromatic nitrogens is 1. The van der Waals surface area contributed by atoms with Gasteiger partial charge < -0.3 is 10.4 Å². The number of aliphatic carboxylic acids is 1. The molecule has 0 bridgehead atoms. The van der Waals surface area contributed by atoms with Gasteiger partial charge in [0, 0.05) is 11.9 Å². The van der Waals surface area contributed by atoms with Crippen LogP contribution in [-0.2, 0) is 9.59 Å². The molecule has 0 aliphatic carbocycles. The van der Waals surface area contributed by atoms with Crippen LogP contribution in [0.5, 0.6) is 0 Å². The minimum Gasteiger partial charge on any atom is -0.481 e. The summed E-state index contributed by atoms with van der Waals surface area (Å²) in [5.74, 6) is -0.866. The maximum atomic E-state index is 12.0. The van der Waals surface area contributed by atoms with Crippen molar-refractivity contribution in [2.24, 2.45) is 11.3 Å². The second-order valence-corrected chi connectivity index (χ2v) is 6.78. The SMILES string of the molecule is Cc1csc(NC(=O)CN2CCC(C(=O)O)(C(C)C)C2)n1. The van der Waals surface area contributed by atoms with Gasteiger partial charge in [-0.25, -0.2) is 4.98 Å². The number of hydrogen-bond acceptors (Lipinski definition) is 5. The molecule has 1 aromatic rings. The molecule has 1 fully saturated rings. The predicted molar refractivity (Wildman–Crippen MR) is 81.4 cm³/mol. The van der Waals surface area contributed by atoms with Crippen LogP contribution in [0, 0.1) is 18.3 Å². The number of likely N-dealkylation sites (tertiary alicyclic amines) is 1. The molecule has 2 rings (SSSR count). The summed E-state index contributed by atoms with van der Waals surface area (Å²) in [6.07, 6.45) is 0.587. The van der Waals surface area contributed by atoms with Crippen molar-refractivity contribution in [2.45, 2.75) is 27.2 Å². The molecule has 2 N–H and O–H groups in total. The van der Waals surface area contributed by atoms with E-state index in [0.717, 1.165) is 5.69 Å². The van der Waals surface area contributed by atoms with Crippen LogP contribution >= 0.6 is 11.3 Å². The van der Waals surface area contributed by atoms with Crippen molar-refractivity contribution in [1.82, 2.24) is 9.88 Å². The maximum Gasteiger partial charge on any atom is 0.311 e. The molecule has 1 aliphatic heterocycles. The van der Waals surface area contributed by atoms with E-state index in [1.165, 1.54) is 11.3 Å². The Morgan fingerprint density at radius 1 is 1.57 bits per heavy atom. The molecule has 6 nitrogen and oxygen atoms in total. The van der Waals surface area contributed by atoms with E-state index >= 15 is 0 Å². The molecular formula is C14H21N3O3S. The zero-order valence-corrected chi connectivity index (χ0v) is 13.4. The molecule has 1 atom stereocenters. The average Bonchev–Trinajstić information content (AvgIpc) is 2.97. The van der Waals surface area contributed by atoms with Crippen LogP contribution in [0.25, 0.3) is 0 Å². The molecule has 0 spiro atoms. The number of nitrogens with zero attached hydrogens (tertiary/aromatic N) is 2. The van der Waals surface area contributed by atoms with Crippen molar-refractivity contribution in [3.05, 3.63) is 11.1 Å². The number of carboxylic acid groups (broad SMARTS) is 1. The number of anilines is 1. The van der Waals surface area contributed by atoms with Gasteiger partial charge in [-0.05, 0) is 25.8 Å². The van der Waals surface area contributed by atoms with Crippen LogP contribution in [0.3, 0.4) is 0 Å². The van der Waals surface area contributed by atoms with Gasteiger partial charge in [0.15, 0.2) is 5.13 Å². The lowest BCUT2D eigenvalue weighted by Gasteiger charge is -2.28. The highest BCUT2D eigenvalue weighted by molar-refractivity contribution is 7.13. The molecule has 0 aromatic carbocycles. The molecular weight excluding hydrogens is 290 g/mol. The van der Waals surface area contributed by atoms with Gasteiger partial charge in [0.2, 0.25) is 5.91 Å². The highest BCUT2D eigenvalue weighted by atomic mass is 32.1. The van der Waals surface area contributed by atoms with E-state index in [1.54, 1.807) is 0 Å². The minimum absolute atomic E-state index is 0.0460. The summed E-state index contributed by atoms with van der Waals surface area (Å²) >= 11 is 1.39. The number of carboxylic acids is 1. The van der Waals surface area contributed by atoms with Crippen LogP contribution < -0.4 is 5.32 Å². The Balaban J connectivity index is 1.93. The maximum absolute atomic E-state index is 12.0. The van der Waals surface area contributed by atoms with Gasteiger partial charge >= 0.3 is 5.97 Å². The number of carbonyl (C=O) groups is 2. The van der Waals surface area contributed by atoms with E-state index in [-0.39, 0.29) is 18.4 Å². The summed E-state index contributed by atoms with van der Waals surface area (Å²) in [7, 11) is 0. The third-order valence-electron chi connectivity index (χ3n) is 4.14. The minimum atomic E-state index is -0.768. The molecule has 116 valence electrons. The summed E-state index contributed by atoms with van der Waals surface area (Å²) in [4.78, 5) is 29.6. The fraction of sp³-hybridized carbons (Fsp3) is 0.643. The first-order chi connectivity index (χ1) is 9.83. The topological polar surface area (TPSA) is 82.5 Å². The first-order valence-electron chi connectivity index (χ1n) is 7.01. The van der Waals surface area contributed by atoms with Crippen LogP contribution in [-0.4, -0.2) is 46.5 Å². The molecule has 21 heavy (non-hydrogen) atoms. The number of hydrogen-bond donors (Lipinski definition) is 2. The molecule has 0 radical (unpaired) electrons. The Kier molecular flexibility index (Phi) is 4.63. The zero-order chi connectivity index (χ0) is 15.6. The highest BCUT2D eigenvalue weighted by Gasteiger charge is 2.47. The third-order valence-corrected chi connectivity index (χ3v) is 5.02. The van der Waals surface area contributed by atoms with Crippen molar-refractivity contribution in [3.63, 3.8) is 0 Å². The quantitative estimate of drug-likeness (QED) is 0.867. The lowest BCUT2D eigenvalue weighted by Crippen LogP contribution is -2.40. The molecule has 1 aromatic heterocycles. The summed E-state index contributed by atoms with van der Waals surface area (Å²) in [5, 5.41) is 14.7. The Labute approximate surface area is 128 Å². The lowest BCUT2D eigenvalue weighted by molar-refractivity contribution is -0.151. The van der Waals surface area contributed by atoms with Gasteiger partial charge in [-0.3, -0.25) is 14.5 Å². The Morgan fingerprint density at radius 3 is 2.76 bits per heavy atom. The van der Waals surface area contributed by atoms with E-state index in [1.807, 2.05) is 31.1 Å². The first-order valence-corrected chi connectivity index (χ1v) is 7.89. The van der Waals surface area contributed by atoms with E-state index in [4.69, 9.17) is 0 Å². The monoisotopic (exact) mass is 311 g/mol. The summed E-state index contributed by atoms with van der Waals surface area (Å²) in [6, 6.07) is 0. The van der Waals surface area contributed by atoms with Crippen molar-refractivity contribution < 1.29 is 14.7 Å². The van der Waals surface area contributed by atoms with Crippen LogP contribution in [0.1, 0.15) is 26.0 Å². The van der Waals surface area contributed by atoms with Crippen molar-refractivity contribution >= 4 is 28.3 Å². The zero-order valence-electron chi connectivity index (χ0n) is 12.5. The summed E-state index contributed by atoms with van der Waals surface area (Å²) < 4.78 is 0. The second kappa shape index (κ2) is 6.11. The number of nitrogens with one attached hydrogen (secondary N) is 1. The second-order valence-electron chi connectivity index (χ2n) is 5.92. The standard InChI is InChI=1S/C14H21N3O3S/c1-9(2)14(12(19)20)4-5-17(8-14)6-11(18)16-13-15-10(3)7-21-13/h7,9H,4-6,8H2,1-3H3,(H,19,20)(H,15,16,18). The molecule has 1 unspecified atom stereocenters. The summed E-state index contributed by atoms with van der Waals surface area (Å²) in [5.41, 5.74) is 0.138. The average molecular weight is 311 g/mol. The Bertz CT molecular complexity index is 543. The van der Waals surface area contributed by atoms with E-state index < -0.39 is 11.4 Å². The van der Waals surface area contributed by atoms with Gasteiger partial charge in [-0.2, -0.15) is 0 Å². The predicted octanol–water partition coefficient (Wildman–Crippen LogP) is 1.82. The lowest BCUT2D eigenvalue weighted by atomic mass is 9.76. The van der Waals surface area contributed by atoms with Gasteiger partial charge in [-0.15, -0.1) is 11.3 Å². The number of thiazole rings is 1. The fourth-order valence-corrected chi connectivity index (χ4v) is 3.42. The summed E-state index contributed by atoms with van der Waals surface area (Å²) in [6.45, 7) is 6.99. The Morgan fingerprint density at radius 2 is 2.29 bits per heavy atom. The molecule has 1 aliphatic rings. The third kappa shape index (κ3) is 3.41. The molecule has 1 amide bonds. The largest absolute Gasteiger partial charge is 0.481 e. The van der Waals surface area contributed by atoms with Crippen LogP contribution in [0.2, 0.25) is 0 Å². The Hall–Kier alpha value is -1.47. The van der Waals surface area contributed by atoms with Crippen LogP contribution in [0.15, 0.2) is 5.38 Å². The van der Waals surface area contributed by atoms with Crippen molar-refractivity contribution in [3.8, 4) is 0 Å². The first kappa shape index (κ1) is 15.9. The number of carbonyl (C=O) groups excluding carboxylic acids is 1. The molecule has 0 saturated carbocycles. The van der Waals surface area contributed by atoms with E-state index in [2.05, 4.69) is 10.3 Å². The molecule has 2 heterocycles. The van der Waals surface area contributed by atoms with Crippen molar-refractivity contribution in [1.29, 1.82) is 0 Å². The van der Waals surface area contributed by atoms with Gasteiger partial charge in [0.1, 0.15) is 0 Å². The van der Waals surface area contributed by atoms with Crippen molar-refractivity contribution in [2.75, 3.05) is 25.0 Å². The fourth-order valence-electron chi connectivity index (χ4n) is 2.72. The smallest absolute Gasteiger partial charge is 0.311 e. The molecule has 1 saturated heterocycles. The van der Waals surface area contributed by atoms with Crippen LogP contribution in [0.4, 0.5) is 5.13 Å². The highest BCUT2D eigenvalue weighted by Crippen LogP contribution is 2.38. The van der Waals surface area contributed by atoms with E-state index in [0.29, 0.717) is 24.6 Å². The van der Waals surface area contributed by atoms with Gasteiger partial charge in [0.05, 0.1) is 17.7 Å². The van der Waals surface area contributed by atoms with Gasteiger partial charge in [-0.1, -0.05) is 13.8 Å². The number of aryl methyl sites for hydroxylation is 1. The molecule has 7 heteroatoms. The van der Waals surface area contributed by atoms with Gasteiger partial charge in [0.25, 0.3) is 0 Å². The van der Waals surface area contributed by atoms with E-state index in [9.17, 15) is 14.7 Å².